The number of thioether (sulfide) groups is 1. The van der Waals surface area contributed by atoms with Crippen LogP contribution >= 0.6 is 34.4 Å². The van der Waals surface area contributed by atoms with Crippen molar-refractivity contribution in [1.82, 2.24) is 0 Å². The molecule has 2 rings (SSSR count). The van der Waals surface area contributed by atoms with Crippen LogP contribution in [0.5, 0.6) is 0 Å². The van der Waals surface area contributed by atoms with Crippen molar-refractivity contribution in [3.8, 4) is 0 Å². The quantitative estimate of drug-likeness (QED) is 0.646. The van der Waals surface area contributed by atoms with Gasteiger partial charge in [-0.15, -0.1) is 11.8 Å². The van der Waals surface area contributed by atoms with Gasteiger partial charge >= 0.3 is 0 Å². The summed E-state index contributed by atoms with van der Waals surface area (Å²) in [5.41, 5.74) is 1.61. The standard InChI is InChI=1S/C15H21IOS/c1-14(2,3)12-9-17-15(4,18-10-12)11-5-7-13(16)8-6-11/h5-8,12H,9-10H2,1-4H3/t12-,15+/m0/s1. The van der Waals surface area contributed by atoms with E-state index in [4.69, 9.17) is 4.74 Å². The molecule has 1 aromatic rings. The van der Waals surface area contributed by atoms with E-state index in [9.17, 15) is 0 Å². The number of ether oxygens (including phenoxy) is 1. The molecule has 0 N–H and O–H groups in total. The Hall–Kier alpha value is 0.260. The van der Waals surface area contributed by atoms with Crippen molar-refractivity contribution < 1.29 is 4.74 Å². The highest BCUT2D eigenvalue weighted by Gasteiger charge is 2.38. The summed E-state index contributed by atoms with van der Waals surface area (Å²) in [4.78, 5) is -0.175. The Morgan fingerprint density at radius 1 is 1.28 bits per heavy atom. The molecule has 1 heterocycles. The van der Waals surface area contributed by atoms with Crippen LogP contribution in [0.3, 0.4) is 0 Å². The number of hydrogen-bond donors (Lipinski definition) is 0. The normalized spacial score (nSPS) is 29.3. The van der Waals surface area contributed by atoms with E-state index in [2.05, 4.69) is 74.6 Å². The van der Waals surface area contributed by atoms with Crippen molar-refractivity contribution in [2.24, 2.45) is 11.3 Å². The maximum atomic E-state index is 6.19. The molecule has 0 bridgehead atoms. The van der Waals surface area contributed by atoms with E-state index in [1.807, 2.05) is 11.8 Å². The fourth-order valence-electron chi connectivity index (χ4n) is 2.03. The second kappa shape index (κ2) is 5.33. The maximum Gasteiger partial charge on any atom is 0.136 e. The highest BCUT2D eigenvalue weighted by molar-refractivity contribution is 14.1. The highest BCUT2D eigenvalue weighted by Crippen LogP contribution is 2.45. The first-order chi connectivity index (χ1) is 8.31. The maximum absolute atomic E-state index is 6.19. The summed E-state index contributed by atoms with van der Waals surface area (Å²) in [5, 5.41) is 0. The predicted octanol–water partition coefficient (Wildman–Crippen LogP) is 4.89. The van der Waals surface area contributed by atoms with Crippen molar-refractivity contribution in [2.75, 3.05) is 12.4 Å². The molecule has 0 unspecified atom stereocenters. The molecule has 18 heavy (non-hydrogen) atoms. The molecule has 0 radical (unpaired) electrons. The molecule has 1 nitrogen and oxygen atoms in total. The number of halogens is 1. The van der Waals surface area contributed by atoms with Crippen molar-refractivity contribution >= 4 is 34.4 Å². The van der Waals surface area contributed by atoms with Gasteiger partial charge in [-0.3, -0.25) is 0 Å². The minimum absolute atomic E-state index is 0.175. The first-order valence-corrected chi connectivity index (χ1v) is 8.42. The van der Waals surface area contributed by atoms with Crippen LogP contribution in [0.25, 0.3) is 0 Å². The molecular weight excluding hydrogens is 355 g/mol. The minimum Gasteiger partial charge on any atom is -0.360 e. The molecule has 1 aliphatic heterocycles. The van der Waals surface area contributed by atoms with E-state index in [1.165, 1.54) is 14.9 Å². The molecular formula is C15H21IOS. The van der Waals surface area contributed by atoms with Crippen LogP contribution in [0.4, 0.5) is 0 Å². The number of hydrogen-bond acceptors (Lipinski definition) is 2. The van der Waals surface area contributed by atoms with Crippen LogP contribution in [0, 0.1) is 14.9 Å². The average molecular weight is 376 g/mol. The lowest BCUT2D eigenvalue weighted by Gasteiger charge is -2.42. The van der Waals surface area contributed by atoms with Gasteiger partial charge in [0.2, 0.25) is 0 Å². The molecule has 0 amide bonds. The summed E-state index contributed by atoms with van der Waals surface area (Å²) >= 11 is 4.27. The zero-order chi connectivity index (χ0) is 13.4. The molecule has 1 aliphatic rings. The molecule has 0 aliphatic carbocycles. The summed E-state index contributed by atoms with van der Waals surface area (Å²) in [7, 11) is 0. The van der Waals surface area contributed by atoms with E-state index in [-0.39, 0.29) is 4.93 Å². The van der Waals surface area contributed by atoms with Crippen molar-refractivity contribution in [1.29, 1.82) is 0 Å². The lowest BCUT2D eigenvalue weighted by atomic mass is 9.82. The number of rotatable bonds is 1. The number of benzene rings is 1. The summed E-state index contributed by atoms with van der Waals surface area (Å²) in [6, 6.07) is 8.68. The Labute approximate surface area is 128 Å². The zero-order valence-electron chi connectivity index (χ0n) is 11.5. The second-order valence-electron chi connectivity index (χ2n) is 6.14. The molecule has 3 heteroatoms. The van der Waals surface area contributed by atoms with Gasteiger partial charge in [0.1, 0.15) is 4.93 Å². The van der Waals surface area contributed by atoms with Crippen molar-refractivity contribution in [3.63, 3.8) is 0 Å². The van der Waals surface area contributed by atoms with Crippen molar-refractivity contribution in [2.45, 2.75) is 32.6 Å². The van der Waals surface area contributed by atoms with Gasteiger partial charge in [-0.2, -0.15) is 0 Å². The van der Waals surface area contributed by atoms with Gasteiger partial charge in [0.05, 0.1) is 6.61 Å². The molecule has 2 atom stereocenters. The second-order valence-corrected chi connectivity index (χ2v) is 8.78. The summed E-state index contributed by atoms with van der Waals surface area (Å²) in [5.74, 6) is 1.81. The van der Waals surface area contributed by atoms with Crippen LogP contribution in [-0.2, 0) is 9.67 Å². The van der Waals surface area contributed by atoms with Gasteiger partial charge in [0.25, 0.3) is 0 Å². The monoisotopic (exact) mass is 376 g/mol. The van der Waals surface area contributed by atoms with Gasteiger partial charge < -0.3 is 4.74 Å². The third-order valence-corrected chi connectivity index (χ3v) is 5.91. The van der Waals surface area contributed by atoms with E-state index in [0.717, 1.165) is 6.61 Å². The SMILES string of the molecule is CC(C)(C)[C@H]1CO[C@@](C)(c2ccc(I)cc2)SC1. The third-order valence-electron chi connectivity index (χ3n) is 3.71. The van der Waals surface area contributed by atoms with Gasteiger partial charge in [-0.25, -0.2) is 0 Å². The van der Waals surface area contributed by atoms with E-state index in [1.54, 1.807) is 0 Å². The lowest BCUT2D eigenvalue weighted by molar-refractivity contribution is -0.0164. The Balaban J connectivity index is 2.10. The fourth-order valence-corrected chi connectivity index (χ4v) is 3.96. The zero-order valence-corrected chi connectivity index (χ0v) is 14.5. The Morgan fingerprint density at radius 2 is 1.89 bits per heavy atom. The minimum atomic E-state index is -0.175. The van der Waals surface area contributed by atoms with Gasteiger partial charge in [0, 0.05) is 9.32 Å². The van der Waals surface area contributed by atoms with Gasteiger partial charge in [-0.1, -0.05) is 32.9 Å². The topological polar surface area (TPSA) is 9.23 Å². The van der Waals surface area contributed by atoms with Crippen LogP contribution in [0.15, 0.2) is 24.3 Å². The smallest absolute Gasteiger partial charge is 0.136 e. The molecule has 1 fully saturated rings. The lowest BCUT2D eigenvalue weighted by Crippen LogP contribution is -2.38. The predicted molar refractivity (Wildman–Crippen MR) is 87.9 cm³/mol. The molecule has 0 spiro atoms. The van der Waals surface area contributed by atoms with Gasteiger partial charge in [0.15, 0.2) is 0 Å². The average Bonchev–Trinajstić information content (AvgIpc) is 2.29. The molecule has 1 aromatic carbocycles. The van der Waals surface area contributed by atoms with E-state index >= 15 is 0 Å². The first kappa shape index (κ1) is 14.7. The van der Waals surface area contributed by atoms with Crippen LogP contribution in [0.2, 0.25) is 0 Å². The Bertz CT molecular complexity index is 399. The van der Waals surface area contributed by atoms with Crippen LogP contribution in [0.1, 0.15) is 33.3 Å². The summed E-state index contributed by atoms with van der Waals surface area (Å²) in [6.07, 6.45) is 0. The van der Waals surface area contributed by atoms with Crippen LogP contribution < -0.4 is 0 Å². The molecule has 0 aromatic heterocycles. The van der Waals surface area contributed by atoms with E-state index < -0.39 is 0 Å². The van der Waals surface area contributed by atoms with Gasteiger partial charge in [-0.05, 0) is 58.5 Å². The first-order valence-electron chi connectivity index (χ1n) is 6.35. The van der Waals surface area contributed by atoms with Crippen molar-refractivity contribution in [3.05, 3.63) is 33.4 Å². The third kappa shape index (κ3) is 3.23. The van der Waals surface area contributed by atoms with Crippen LogP contribution in [-0.4, -0.2) is 12.4 Å². The highest BCUT2D eigenvalue weighted by atomic mass is 127. The van der Waals surface area contributed by atoms with E-state index in [0.29, 0.717) is 11.3 Å². The molecule has 1 saturated heterocycles. The Morgan fingerprint density at radius 3 is 2.33 bits per heavy atom. The fraction of sp³-hybridized carbons (Fsp3) is 0.600. The Kier molecular flexibility index (Phi) is 4.34. The molecule has 0 saturated carbocycles. The summed E-state index contributed by atoms with van der Waals surface area (Å²) in [6.45, 7) is 9.96. The summed E-state index contributed by atoms with van der Waals surface area (Å²) < 4.78 is 7.46. The largest absolute Gasteiger partial charge is 0.360 e. The molecule has 100 valence electrons.